The molecule has 2 N–H and O–H groups in total. The molecule has 2 rings (SSSR count). The average molecular weight is 306 g/mol. The summed E-state index contributed by atoms with van der Waals surface area (Å²) in [6.07, 6.45) is 0.825. The third-order valence-corrected chi connectivity index (χ3v) is 3.24. The first-order valence-corrected chi connectivity index (χ1v) is 6.72. The van der Waals surface area contributed by atoms with Crippen LogP contribution in [0.3, 0.4) is 0 Å². The average Bonchev–Trinajstić information content (AvgIpc) is 2.35. The molecule has 0 aliphatic rings. The van der Waals surface area contributed by atoms with Gasteiger partial charge in [0.25, 0.3) is 0 Å². The summed E-state index contributed by atoms with van der Waals surface area (Å²) in [5.41, 5.74) is 7.86. The van der Waals surface area contributed by atoms with Crippen LogP contribution in [0, 0.1) is 6.92 Å². The van der Waals surface area contributed by atoms with Crippen LogP contribution in [-0.2, 0) is 6.42 Å². The monoisotopic (exact) mass is 305 g/mol. The minimum atomic E-state index is 0.625. The molecule has 2 nitrogen and oxygen atoms in total. The van der Waals surface area contributed by atoms with Crippen LogP contribution in [0.4, 0.5) is 0 Å². The van der Waals surface area contributed by atoms with Crippen molar-refractivity contribution in [2.45, 2.75) is 13.3 Å². The SMILES string of the molecule is Cc1cc(Br)ccc1Oc1ccccc1CCN. The summed E-state index contributed by atoms with van der Waals surface area (Å²) in [7, 11) is 0. The van der Waals surface area contributed by atoms with E-state index in [1.165, 1.54) is 0 Å². The molecule has 0 aliphatic carbocycles. The van der Waals surface area contributed by atoms with Gasteiger partial charge in [-0.1, -0.05) is 34.1 Å². The molecule has 18 heavy (non-hydrogen) atoms. The molecule has 0 fully saturated rings. The smallest absolute Gasteiger partial charge is 0.130 e. The molecule has 0 spiro atoms. The lowest BCUT2D eigenvalue weighted by Gasteiger charge is -2.12. The van der Waals surface area contributed by atoms with Gasteiger partial charge in [-0.05, 0) is 55.3 Å². The molecule has 0 saturated heterocycles. The van der Waals surface area contributed by atoms with Crippen molar-refractivity contribution in [1.29, 1.82) is 0 Å². The molecule has 0 amide bonds. The largest absolute Gasteiger partial charge is 0.457 e. The first-order valence-electron chi connectivity index (χ1n) is 5.92. The van der Waals surface area contributed by atoms with Crippen LogP contribution in [0.15, 0.2) is 46.9 Å². The van der Waals surface area contributed by atoms with E-state index >= 15 is 0 Å². The van der Waals surface area contributed by atoms with E-state index in [1.807, 2.05) is 43.3 Å². The van der Waals surface area contributed by atoms with E-state index in [-0.39, 0.29) is 0 Å². The number of para-hydroxylation sites is 1. The highest BCUT2D eigenvalue weighted by molar-refractivity contribution is 9.10. The minimum absolute atomic E-state index is 0.625. The van der Waals surface area contributed by atoms with Crippen LogP contribution in [0.25, 0.3) is 0 Å². The van der Waals surface area contributed by atoms with Gasteiger partial charge in [0.1, 0.15) is 11.5 Å². The summed E-state index contributed by atoms with van der Waals surface area (Å²) in [5.74, 6) is 1.76. The second-order valence-corrected chi connectivity index (χ2v) is 5.07. The Balaban J connectivity index is 2.28. The molecular weight excluding hydrogens is 290 g/mol. The molecule has 0 atom stereocenters. The minimum Gasteiger partial charge on any atom is -0.457 e. The number of hydrogen-bond acceptors (Lipinski definition) is 2. The summed E-state index contributed by atoms with van der Waals surface area (Å²) >= 11 is 3.45. The number of aryl methyl sites for hydroxylation is 1. The first-order chi connectivity index (χ1) is 8.70. The second-order valence-electron chi connectivity index (χ2n) is 4.16. The third kappa shape index (κ3) is 3.12. The zero-order chi connectivity index (χ0) is 13.0. The Labute approximate surface area is 116 Å². The maximum absolute atomic E-state index is 5.97. The van der Waals surface area contributed by atoms with Crippen molar-refractivity contribution in [1.82, 2.24) is 0 Å². The van der Waals surface area contributed by atoms with E-state index in [0.717, 1.165) is 33.5 Å². The number of halogens is 1. The lowest BCUT2D eigenvalue weighted by atomic mass is 10.1. The number of hydrogen-bond donors (Lipinski definition) is 1. The fourth-order valence-electron chi connectivity index (χ4n) is 1.81. The van der Waals surface area contributed by atoms with Crippen LogP contribution in [0.5, 0.6) is 11.5 Å². The molecule has 0 saturated carbocycles. The fourth-order valence-corrected chi connectivity index (χ4v) is 2.29. The third-order valence-electron chi connectivity index (χ3n) is 2.74. The summed E-state index contributed by atoms with van der Waals surface area (Å²) < 4.78 is 7.03. The van der Waals surface area contributed by atoms with Gasteiger partial charge in [0.2, 0.25) is 0 Å². The Morgan fingerprint density at radius 1 is 1.11 bits per heavy atom. The van der Waals surface area contributed by atoms with E-state index in [2.05, 4.69) is 22.0 Å². The Morgan fingerprint density at radius 2 is 1.89 bits per heavy atom. The highest BCUT2D eigenvalue weighted by Crippen LogP contribution is 2.29. The zero-order valence-corrected chi connectivity index (χ0v) is 11.9. The number of ether oxygens (including phenoxy) is 1. The first kappa shape index (κ1) is 13.1. The molecule has 0 unspecified atom stereocenters. The van der Waals surface area contributed by atoms with Gasteiger partial charge < -0.3 is 10.5 Å². The lowest BCUT2D eigenvalue weighted by Crippen LogP contribution is -2.04. The van der Waals surface area contributed by atoms with Gasteiger partial charge in [0.15, 0.2) is 0 Å². The van der Waals surface area contributed by atoms with Gasteiger partial charge in [-0.25, -0.2) is 0 Å². The predicted octanol–water partition coefficient (Wildman–Crippen LogP) is 4.05. The molecule has 2 aromatic rings. The molecule has 0 aliphatic heterocycles. The Morgan fingerprint density at radius 3 is 2.61 bits per heavy atom. The highest BCUT2D eigenvalue weighted by Gasteiger charge is 2.06. The Hall–Kier alpha value is -1.32. The molecule has 0 radical (unpaired) electrons. The quantitative estimate of drug-likeness (QED) is 0.925. The van der Waals surface area contributed by atoms with Crippen LogP contribution < -0.4 is 10.5 Å². The van der Waals surface area contributed by atoms with Gasteiger partial charge in [0.05, 0.1) is 0 Å². The van der Waals surface area contributed by atoms with Gasteiger partial charge in [-0.2, -0.15) is 0 Å². The topological polar surface area (TPSA) is 35.2 Å². The maximum atomic E-state index is 5.97. The standard InChI is InChI=1S/C15H16BrNO/c1-11-10-13(16)6-7-14(11)18-15-5-3-2-4-12(15)8-9-17/h2-7,10H,8-9,17H2,1H3. The fraction of sp³-hybridized carbons (Fsp3) is 0.200. The van der Waals surface area contributed by atoms with Gasteiger partial charge in [-0.3, -0.25) is 0 Å². The van der Waals surface area contributed by atoms with Crippen molar-refractivity contribution in [3.05, 3.63) is 58.1 Å². The van der Waals surface area contributed by atoms with Crippen molar-refractivity contribution in [2.24, 2.45) is 5.73 Å². The Bertz CT molecular complexity index is 540. The van der Waals surface area contributed by atoms with Crippen LogP contribution in [0.2, 0.25) is 0 Å². The van der Waals surface area contributed by atoms with E-state index in [9.17, 15) is 0 Å². The van der Waals surface area contributed by atoms with Crippen molar-refractivity contribution in [3.8, 4) is 11.5 Å². The van der Waals surface area contributed by atoms with Crippen LogP contribution in [0.1, 0.15) is 11.1 Å². The zero-order valence-electron chi connectivity index (χ0n) is 10.3. The summed E-state index contributed by atoms with van der Waals surface area (Å²) in [6.45, 7) is 2.66. The van der Waals surface area contributed by atoms with Crippen molar-refractivity contribution >= 4 is 15.9 Å². The lowest BCUT2D eigenvalue weighted by molar-refractivity contribution is 0.472. The molecular formula is C15H16BrNO. The van der Waals surface area contributed by atoms with Gasteiger partial charge >= 0.3 is 0 Å². The number of rotatable bonds is 4. The van der Waals surface area contributed by atoms with E-state index in [4.69, 9.17) is 10.5 Å². The van der Waals surface area contributed by atoms with Gasteiger partial charge in [-0.15, -0.1) is 0 Å². The van der Waals surface area contributed by atoms with E-state index in [0.29, 0.717) is 6.54 Å². The molecule has 2 aromatic carbocycles. The van der Waals surface area contributed by atoms with Crippen LogP contribution in [-0.4, -0.2) is 6.54 Å². The van der Waals surface area contributed by atoms with Crippen molar-refractivity contribution < 1.29 is 4.74 Å². The number of nitrogens with two attached hydrogens (primary N) is 1. The highest BCUT2D eigenvalue weighted by atomic mass is 79.9. The second kappa shape index (κ2) is 6.03. The van der Waals surface area contributed by atoms with Crippen LogP contribution >= 0.6 is 15.9 Å². The molecule has 94 valence electrons. The molecule has 0 bridgehead atoms. The number of benzene rings is 2. The molecule has 3 heteroatoms. The van der Waals surface area contributed by atoms with Crippen molar-refractivity contribution in [3.63, 3.8) is 0 Å². The molecule has 0 aromatic heterocycles. The molecule has 0 heterocycles. The summed E-state index contributed by atoms with van der Waals surface area (Å²) in [6, 6.07) is 14.0. The van der Waals surface area contributed by atoms with E-state index in [1.54, 1.807) is 0 Å². The Kier molecular flexibility index (Phi) is 4.39. The maximum Gasteiger partial charge on any atom is 0.130 e. The van der Waals surface area contributed by atoms with Crippen molar-refractivity contribution in [2.75, 3.05) is 6.54 Å². The summed E-state index contributed by atoms with van der Waals surface area (Å²) in [4.78, 5) is 0. The van der Waals surface area contributed by atoms with Gasteiger partial charge in [0, 0.05) is 4.47 Å². The van der Waals surface area contributed by atoms with E-state index < -0.39 is 0 Å². The normalized spacial score (nSPS) is 10.4. The predicted molar refractivity (Wildman–Crippen MR) is 78.2 cm³/mol. The summed E-state index contributed by atoms with van der Waals surface area (Å²) in [5, 5.41) is 0.